The van der Waals surface area contributed by atoms with Crippen molar-refractivity contribution in [1.82, 2.24) is 0 Å². The van der Waals surface area contributed by atoms with Crippen LogP contribution in [0.15, 0.2) is 24.3 Å². The fraction of sp³-hybridized carbons (Fsp3) is 0.231. The van der Waals surface area contributed by atoms with E-state index >= 15 is 0 Å². The molecule has 2 aromatic carbocycles. The standard InChI is InChI=1S/C13H11Cl2NO/c14-5-7-6-16-10-4-11(17)8-2-1-3-9(15)13(8)12(7)10/h1-4,7,16-17H,5-6H2/t7-/m1/s1. The molecule has 1 atom stereocenters. The Morgan fingerprint density at radius 1 is 1.41 bits per heavy atom. The smallest absolute Gasteiger partial charge is 0.125 e. The minimum atomic E-state index is 0.245. The van der Waals surface area contributed by atoms with Crippen LogP contribution in [0.4, 0.5) is 5.69 Å². The zero-order valence-corrected chi connectivity index (χ0v) is 10.5. The number of rotatable bonds is 1. The maximum absolute atomic E-state index is 9.99. The summed E-state index contributed by atoms with van der Waals surface area (Å²) in [5, 5.41) is 15.6. The highest BCUT2D eigenvalue weighted by atomic mass is 35.5. The summed E-state index contributed by atoms with van der Waals surface area (Å²) in [7, 11) is 0. The first-order valence-electron chi connectivity index (χ1n) is 5.46. The summed E-state index contributed by atoms with van der Waals surface area (Å²) in [6, 6.07) is 7.31. The third-order valence-electron chi connectivity index (χ3n) is 3.26. The van der Waals surface area contributed by atoms with E-state index < -0.39 is 0 Å². The van der Waals surface area contributed by atoms with Crippen LogP contribution in [-0.4, -0.2) is 17.5 Å². The second-order valence-corrected chi connectivity index (χ2v) is 4.97. The van der Waals surface area contributed by atoms with E-state index in [1.54, 1.807) is 6.07 Å². The van der Waals surface area contributed by atoms with Crippen LogP contribution in [0.25, 0.3) is 10.8 Å². The van der Waals surface area contributed by atoms with Crippen molar-refractivity contribution >= 4 is 39.7 Å². The predicted molar refractivity (Wildman–Crippen MR) is 72.6 cm³/mol. The lowest BCUT2D eigenvalue weighted by atomic mass is 9.95. The number of aromatic hydroxyl groups is 1. The molecule has 88 valence electrons. The first kappa shape index (κ1) is 11.0. The molecule has 2 N–H and O–H groups in total. The van der Waals surface area contributed by atoms with Gasteiger partial charge in [0.25, 0.3) is 0 Å². The van der Waals surface area contributed by atoms with Crippen molar-refractivity contribution in [2.24, 2.45) is 0 Å². The molecule has 4 heteroatoms. The van der Waals surface area contributed by atoms with Gasteiger partial charge in [-0.3, -0.25) is 0 Å². The summed E-state index contributed by atoms with van der Waals surface area (Å²) < 4.78 is 0. The number of halogens is 2. The minimum absolute atomic E-state index is 0.245. The summed E-state index contributed by atoms with van der Waals surface area (Å²) in [6.07, 6.45) is 0. The summed E-state index contributed by atoms with van der Waals surface area (Å²) >= 11 is 12.2. The predicted octanol–water partition coefficient (Wildman–Crippen LogP) is 3.95. The lowest BCUT2D eigenvalue weighted by molar-refractivity contribution is 0.482. The number of hydrogen-bond donors (Lipinski definition) is 2. The van der Waals surface area contributed by atoms with E-state index in [1.165, 1.54) is 0 Å². The minimum Gasteiger partial charge on any atom is -0.507 e. The molecular weight excluding hydrogens is 257 g/mol. The fourth-order valence-electron chi connectivity index (χ4n) is 2.48. The molecule has 0 saturated heterocycles. The van der Waals surface area contributed by atoms with Gasteiger partial charge in [0, 0.05) is 45.9 Å². The molecule has 0 fully saturated rings. The highest BCUT2D eigenvalue weighted by molar-refractivity contribution is 6.36. The molecule has 0 amide bonds. The Hall–Kier alpha value is -1.12. The van der Waals surface area contributed by atoms with Crippen molar-refractivity contribution in [3.63, 3.8) is 0 Å². The maximum atomic E-state index is 9.99. The number of benzene rings is 2. The van der Waals surface area contributed by atoms with Gasteiger partial charge in [-0.15, -0.1) is 11.6 Å². The zero-order valence-electron chi connectivity index (χ0n) is 9.00. The Morgan fingerprint density at radius 2 is 2.24 bits per heavy atom. The van der Waals surface area contributed by atoms with E-state index in [9.17, 15) is 5.11 Å². The quantitative estimate of drug-likeness (QED) is 0.767. The lowest BCUT2D eigenvalue weighted by Gasteiger charge is -2.12. The molecule has 0 bridgehead atoms. The van der Waals surface area contributed by atoms with Crippen molar-refractivity contribution in [2.45, 2.75) is 5.92 Å². The molecule has 3 rings (SSSR count). The second kappa shape index (κ2) is 3.97. The Labute approximate surface area is 109 Å². The van der Waals surface area contributed by atoms with Crippen molar-refractivity contribution in [1.29, 1.82) is 0 Å². The molecule has 0 spiro atoms. The Kier molecular flexibility index (Phi) is 2.57. The third-order valence-corrected chi connectivity index (χ3v) is 3.95. The monoisotopic (exact) mass is 267 g/mol. The average Bonchev–Trinajstić information content (AvgIpc) is 2.72. The summed E-state index contributed by atoms with van der Waals surface area (Å²) in [6.45, 7) is 0.794. The van der Waals surface area contributed by atoms with Gasteiger partial charge < -0.3 is 10.4 Å². The largest absolute Gasteiger partial charge is 0.507 e. The zero-order chi connectivity index (χ0) is 12.0. The highest BCUT2D eigenvalue weighted by Gasteiger charge is 2.26. The topological polar surface area (TPSA) is 32.3 Å². The highest BCUT2D eigenvalue weighted by Crippen LogP contribution is 2.44. The number of hydrogen-bond acceptors (Lipinski definition) is 2. The molecule has 2 nitrogen and oxygen atoms in total. The van der Waals surface area contributed by atoms with Gasteiger partial charge in [-0.05, 0) is 11.6 Å². The number of phenols is 1. The molecule has 1 heterocycles. The Morgan fingerprint density at radius 3 is 3.00 bits per heavy atom. The molecule has 0 radical (unpaired) electrons. The van der Waals surface area contributed by atoms with E-state index in [2.05, 4.69) is 5.32 Å². The molecule has 0 saturated carbocycles. The number of fused-ring (bicyclic) bond motifs is 3. The van der Waals surface area contributed by atoms with Crippen LogP contribution in [0.2, 0.25) is 5.02 Å². The van der Waals surface area contributed by atoms with Crippen LogP contribution in [-0.2, 0) is 0 Å². The SMILES string of the molecule is Oc1cc2c(c3c(Cl)cccc13)[C@H](CCl)CN2. The van der Waals surface area contributed by atoms with Crippen LogP contribution < -0.4 is 5.32 Å². The summed E-state index contributed by atoms with van der Waals surface area (Å²) in [5.41, 5.74) is 2.06. The lowest BCUT2D eigenvalue weighted by Crippen LogP contribution is -2.03. The van der Waals surface area contributed by atoms with Gasteiger partial charge in [0.2, 0.25) is 0 Å². The van der Waals surface area contributed by atoms with Crippen molar-refractivity contribution in [2.75, 3.05) is 17.7 Å². The van der Waals surface area contributed by atoms with Crippen molar-refractivity contribution in [3.05, 3.63) is 34.9 Å². The molecular formula is C13H11Cl2NO. The van der Waals surface area contributed by atoms with Crippen LogP contribution in [0.5, 0.6) is 5.75 Å². The van der Waals surface area contributed by atoms with Gasteiger partial charge in [0.1, 0.15) is 5.75 Å². The van der Waals surface area contributed by atoms with E-state index in [4.69, 9.17) is 23.2 Å². The van der Waals surface area contributed by atoms with E-state index in [0.717, 1.165) is 28.6 Å². The first-order valence-corrected chi connectivity index (χ1v) is 6.37. The molecule has 2 aromatic rings. The van der Waals surface area contributed by atoms with Crippen LogP contribution in [0.3, 0.4) is 0 Å². The summed E-state index contributed by atoms with van der Waals surface area (Å²) in [4.78, 5) is 0. The number of nitrogens with one attached hydrogen (secondary N) is 1. The van der Waals surface area contributed by atoms with Crippen molar-refractivity contribution < 1.29 is 5.11 Å². The van der Waals surface area contributed by atoms with Crippen LogP contribution in [0.1, 0.15) is 11.5 Å². The molecule has 1 aliphatic rings. The number of alkyl halides is 1. The van der Waals surface area contributed by atoms with Gasteiger partial charge in [-0.25, -0.2) is 0 Å². The van der Waals surface area contributed by atoms with E-state index in [0.29, 0.717) is 10.9 Å². The Balaban J connectivity index is 2.43. The second-order valence-electron chi connectivity index (χ2n) is 4.25. The normalized spacial score (nSPS) is 18.1. The van der Waals surface area contributed by atoms with Crippen LogP contribution in [0, 0.1) is 0 Å². The van der Waals surface area contributed by atoms with Gasteiger partial charge in [-0.1, -0.05) is 23.7 Å². The molecule has 17 heavy (non-hydrogen) atoms. The van der Waals surface area contributed by atoms with Gasteiger partial charge in [0.15, 0.2) is 0 Å². The van der Waals surface area contributed by atoms with Gasteiger partial charge in [-0.2, -0.15) is 0 Å². The van der Waals surface area contributed by atoms with Crippen LogP contribution >= 0.6 is 23.2 Å². The fourth-order valence-corrected chi connectivity index (χ4v) is 3.02. The first-order chi connectivity index (χ1) is 8.22. The summed E-state index contributed by atoms with van der Waals surface area (Å²) in [5.74, 6) is 1.05. The Bertz CT molecular complexity index is 597. The maximum Gasteiger partial charge on any atom is 0.125 e. The van der Waals surface area contributed by atoms with Crippen molar-refractivity contribution in [3.8, 4) is 5.75 Å². The average molecular weight is 268 g/mol. The van der Waals surface area contributed by atoms with E-state index in [1.807, 2.05) is 18.2 Å². The molecule has 0 aromatic heterocycles. The van der Waals surface area contributed by atoms with Gasteiger partial charge in [0.05, 0.1) is 0 Å². The molecule has 0 aliphatic carbocycles. The molecule has 0 unspecified atom stereocenters. The number of anilines is 1. The van der Waals surface area contributed by atoms with E-state index in [-0.39, 0.29) is 11.7 Å². The third kappa shape index (κ3) is 1.55. The van der Waals surface area contributed by atoms with Gasteiger partial charge >= 0.3 is 0 Å². The molecule has 1 aliphatic heterocycles. The number of phenolic OH excluding ortho intramolecular Hbond substituents is 1.